The van der Waals surface area contributed by atoms with Crippen molar-refractivity contribution < 1.29 is 23.8 Å². The first-order valence-corrected chi connectivity index (χ1v) is 5.22. The van der Waals surface area contributed by atoms with Crippen LogP contribution in [0, 0.1) is 0 Å². The van der Waals surface area contributed by atoms with Gasteiger partial charge in [0.15, 0.2) is 6.61 Å². The number of methoxy groups -OCH3 is 2. The first-order valence-electron chi connectivity index (χ1n) is 5.22. The summed E-state index contributed by atoms with van der Waals surface area (Å²) in [5, 5.41) is 2.35. The number of nitrogens with one attached hydrogen (secondary N) is 1. The molecule has 6 nitrogen and oxygen atoms in total. The average Bonchev–Trinajstić information content (AvgIpc) is 2.43. The third-order valence-electron chi connectivity index (χ3n) is 2.24. The van der Waals surface area contributed by atoms with Gasteiger partial charge in [-0.1, -0.05) is 0 Å². The van der Waals surface area contributed by atoms with E-state index in [9.17, 15) is 9.59 Å². The molecule has 0 spiro atoms. The van der Waals surface area contributed by atoms with E-state index in [1.165, 1.54) is 27.3 Å². The Balaban J connectivity index is 2.81. The van der Waals surface area contributed by atoms with E-state index < -0.39 is 5.97 Å². The highest BCUT2D eigenvalue weighted by atomic mass is 16.5. The molecule has 98 valence electrons. The molecular weight excluding hydrogens is 238 g/mol. The second-order valence-corrected chi connectivity index (χ2v) is 3.32. The van der Waals surface area contributed by atoms with Crippen LogP contribution in [0.1, 0.15) is 10.4 Å². The molecule has 1 aromatic rings. The molecule has 0 heterocycles. The van der Waals surface area contributed by atoms with Gasteiger partial charge >= 0.3 is 5.97 Å². The normalized spacial score (nSPS) is 9.50. The summed E-state index contributed by atoms with van der Waals surface area (Å²) in [4.78, 5) is 22.7. The first-order chi connectivity index (χ1) is 8.62. The van der Waals surface area contributed by atoms with Crippen molar-refractivity contribution in [1.82, 2.24) is 5.32 Å². The molecule has 0 bridgehead atoms. The van der Waals surface area contributed by atoms with Crippen LogP contribution in [0.15, 0.2) is 18.2 Å². The zero-order chi connectivity index (χ0) is 13.5. The lowest BCUT2D eigenvalue weighted by molar-refractivity contribution is -0.123. The average molecular weight is 253 g/mol. The van der Waals surface area contributed by atoms with Gasteiger partial charge in [0, 0.05) is 13.1 Å². The van der Waals surface area contributed by atoms with E-state index in [0.29, 0.717) is 11.5 Å². The summed E-state index contributed by atoms with van der Waals surface area (Å²) >= 11 is 0. The summed E-state index contributed by atoms with van der Waals surface area (Å²) < 4.78 is 14.9. The Labute approximate surface area is 105 Å². The Morgan fingerprint density at radius 3 is 2.50 bits per heavy atom. The van der Waals surface area contributed by atoms with Gasteiger partial charge in [-0.2, -0.15) is 0 Å². The lowest BCUT2D eigenvalue weighted by Gasteiger charge is -2.09. The number of amides is 1. The van der Waals surface area contributed by atoms with Gasteiger partial charge in [-0.25, -0.2) is 4.79 Å². The van der Waals surface area contributed by atoms with E-state index in [0.717, 1.165) is 0 Å². The summed E-state index contributed by atoms with van der Waals surface area (Å²) in [5.41, 5.74) is 0.238. The van der Waals surface area contributed by atoms with Gasteiger partial charge in [0.1, 0.15) is 17.1 Å². The second kappa shape index (κ2) is 6.48. The Morgan fingerprint density at radius 2 is 1.94 bits per heavy atom. The molecule has 1 rings (SSSR count). The van der Waals surface area contributed by atoms with E-state index in [1.807, 2.05) is 0 Å². The summed E-state index contributed by atoms with van der Waals surface area (Å²) in [5.74, 6) is -0.111. The Morgan fingerprint density at radius 1 is 1.22 bits per heavy atom. The highest BCUT2D eigenvalue weighted by Gasteiger charge is 2.15. The SMILES string of the molecule is CNC(=O)COC(=O)c1ccc(OC)cc1OC. The van der Waals surface area contributed by atoms with Crippen molar-refractivity contribution in [2.45, 2.75) is 0 Å². The number of rotatable bonds is 5. The predicted octanol–water partition coefficient (Wildman–Crippen LogP) is 0.607. The number of carbonyl (C=O) groups is 2. The van der Waals surface area contributed by atoms with Crippen LogP contribution in [0.3, 0.4) is 0 Å². The van der Waals surface area contributed by atoms with E-state index in [-0.39, 0.29) is 18.1 Å². The second-order valence-electron chi connectivity index (χ2n) is 3.32. The number of hydrogen-bond donors (Lipinski definition) is 1. The molecule has 0 aliphatic rings. The maximum atomic E-state index is 11.7. The molecule has 0 unspecified atom stereocenters. The summed E-state index contributed by atoms with van der Waals surface area (Å²) in [6.45, 7) is -0.329. The lowest BCUT2D eigenvalue weighted by atomic mass is 10.2. The third kappa shape index (κ3) is 3.38. The monoisotopic (exact) mass is 253 g/mol. The molecule has 0 atom stereocenters. The summed E-state index contributed by atoms with van der Waals surface area (Å²) in [6, 6.07) is 4.69. The fraction of sp³-hybridized carbons (Fsp3) is 0.333. The quantitative estimate of drug-likeness (QED) is 0.778. The van der Waals surface area contributed by atoms with Gasteiger partial charge in [-0.05, 0) is 12.1 Å². The predicted molar refractivity (Wildman–Crippen MR) is 63.9 cm³/mol. The standard InChI is InChI=1S/C12H15NO5/c1-13-11(14)7-18-12(15)9-5-4-8(16-2)6-10(9)17-3/h4-6H,7H2,1-3H3,(H,13,14). The van der Waals surface area contributed by atoms with Gasteiger partial charge < -0.3 is 19.5 Å². The molecule has 0 fully saturated rings. The van der Waals surface area contributed by atoms with Gasteiger partial charge in [-0.3, -0.25) is 4.79 Å². The molecule has 1 aromatic carbocycles. The Kier molecular flexibility index (Phi) is 4.98. The smallest absolute Gasteiger partial charge is 0.342 e. The molecule has 1 amide bonds. The van der Waals surface area contributed by atoms with Crippen LogP contribution in [-0.4, -0.2) is 39.8 Å². The summed E-state index contributed by atoms with van der Waals surface area (Å²) in [6.07, 6.45) is 0. The molecule has 0 saturated heterocycles. The highest BCUT2D eigenvalue weighted by molar-refractivity contribution is 5.94. The molecule has 0 radical (unpaired) electrons. The van der Waals surface area contributed by atoms with Gasteiger partial charge in [-0.15, -0.1) is 0 Å². The molecule has 0 saturated carbocycles. The van der Waals surface area contributed by atoms with Crippen LogP contribution in [0.25, 0.3) is 0 Å². The number of hydrogen-bond acceptors (Lipinski definition) is 5. The topological polar surface area (TPSA) is 73.9 Å². The molecule has 6 heteroatoms. The zero-order valence-corrected chi connectivity index (χ0v) is 10.5. The summed E-state index contributed by atoms with van der Waals surface area (Å²) in [7, 11) is 4.41. The third-order valence-corrected chi connectivity index (χ3v) is 2.24. The Bertz CT molecular complexity index is 444. The van der Waals surface area contributed by atoms with E-state index >= 15 is 0 Å². The molecule has 18 heavy (non-hydrogen) atoms. The van der Waals surface area contributed by atoms with Gasteiger partial charge in [0.25, 0.3) is 5.91 Å². The van der Waals surface area contributed by atoms with Crippen molar-refractivity contribution in [3.05, 3.63) is 23.8 Å². The van der Waals surface area contributed by atoms with Crippen LogP contribution in [0.5, 0.6) is 11.5 Å². The van der Waals surface area contributed by atoms with Crippen LogP contribution in [0.2, 0.25) is 0 Å². The molecule has 0 aromatic heterocycles. The number of ether oxygens (including phenoxy) is 3. The minimum absolute atomic E-state index is 0.238. The molecule has 0 aliphatic carbocycles. The fourth-order valence-electron chi connectivity index (χ4n) is 1.25. The van der Waals surface area contributed by atoms with E-state index in [2.05, 4.69) is 5.32 Å². The fourth-order valence-corrected chi connectivity index (χ4v) is 1.25. The Hall–Kier alpha value is -2.24. The number of esters is 1. The maximum absolute atomic E-state index is 11.7. The number of carbonyl (C=O) groups excluding carboxylic acids is 2. The number of benzene rings is 1. The largest absolute Gasteiger partial charge is 0.497 e. The van der Waals surface area contributed by atoms with Crippen LogP contribution in [-0.2, 0) is 9.53 Å². The van der Waals surface area contributed by atoms with Gasteiger partial charge in [0.05, 0.1) is 14.2 Å². The van der Waals surface area contributed by atoms with Crippen molar-refractivity contribution >= 4 is 11.9 Å². The van der Waals surface area contributed by atoms with Crippen molar-refractivity contribution in [2.75, 3.05) is 27.9 Å². The van der Waals surface area contributed by atoms with Gasteiger partial charge in [0.2, 0.25) is 0 Å². The molecular formula is C12H15NO5. The van der Waals surface area contributed by atoms with Crippen molar-refractivity contribution in [3.63, 3.8) is 0 Å². The maximum Gasteiger partial charge on any atom is 0.342 e. The lowest BCUT2D eigenvalue weighted by Crippen LogP contribution is -2.25. The van der Waals surface area contributed by atoms with Crippen LogP contribution < -0.4 is 14.8 Å². The number of likely N-dealkylation sites (N-methyl/N-ethyl adjacent to an activating group) is 1. The minimum Gasteiger partial charge on any atom is -0.497 e. The van der Waals surface area contributed by atoms with Crippen LogP contribution >= 0.6 is 0 Å². The van der Waals surface area contributed by atoms with E-state index in [4.69, 9.17) is 14.2 Å². The first kappa shape index (κ1) is 13.8. The van der Waals surface area contributed by atoms with E-state index in [1.54, 1.807) is 12.1 Å². The van der Waals surface area contributed by atoms with Crippen molar-refractivity contribution in [3.8, 4) is 11.5 Å². The zero-order valence-electron chi connectivity index (χ0n) is 10.5. The molecule has 0 aliphatic heterocycles. The van der Waals surface area contributed by atoms with Crippen molar-refractivity contribution in [1.29, 1.82) is 0 Å². The minimum atomic E-state index is -0.627. The van der Waals surface area contributed by atoms with Crippen molar-refractivity contribution in [2.24, 2.45) is 0 Å². The molecule has 1 N–H and O–H groups in total. The highest BCUT2D eigenvalue weighted by Crippen LogP contribution is 2.25. The van der Waals surface area contributed by atoms with Crippen LogP contribution in [0.4, 0.5) is 0 Å².